The molecule has 0 saturated carbocycles. The van der Waals surface area contributed by atoms with Crippen LogP contribution in [0.5, 0.6) is 5.75 Å². The lowest BCUT2D eigenvalue weighted by Crippen LogP contribution is -2.47. The average molecular weight is 445 g/mol. The molecule has 0 aliphatic heterocycles. The minimum Gasteiger partial charge on any atom is -0.494 e. The number of hydrogen-bond acceptors (Lipinski definition) is 4. The fourth-order valence-corrected chi connectivity index (χ4v) is 4.21. The summed E-state index contributed by atoms with van der Waals surface area (Å²) < 4.78 is 31.3. The van der Waals surface area contributed by atoms with Gasteiger partial charge in [0.1, 0.15) is 11.8 Å². The number of sulfonamides is 1. The van der Waals surface area contributed by atoms with Gasteiger partial charge in [-0.3, -0.25) is 9.10 Å². The fraction of sp³-hybridized carbons (Fsp3) is 0.316. The Balaban J connectivity index is 2.32. The van der Waals surface area contributed by atoms with Crippen molar-refractivity contribution < 1.29 is 17.9 Å². The number of carbonyl (C=O) groups excluding carboxylic acids is 1. The molecule has 0 aromatic heterocycles. The van der Waals surface area contributed by atoms with E-state index >= 15 is 0 Å². The lowest BCUT2D eigenvalue weighted by molar-refractivity contribution is -0.117. The van der Waals surface area contributed by atoms with Crippen molar-refractivity contribution in [2.75, 3.05) is 22.5 Å². The Hall–Kier alpha value is -1.96. The topological polar surface area (TPSA) is 75.7 Å². The summed E-state index contributed by atoms with van der Waals surface area (Å²) >= 11 is 12.0. The van der Waals surface area contributed by atoms with E-state index in [0.29, 0.717) is 23.1 Å². The number of nitrogens with one attached hydrogen (secondary N) is 1. The molecule has 0 aliphatic carbocycles. The van der Waals surface area contributed by atoms with Gasteiger partial charge in [0.05, 0.1) is 28.6 Å². The molecule has 0 radical (unpaired) electrons. The summed E-state index contributed by atoms with van der Waals surface area (Å²) in [7, 11) is -3.76. The van der Waals surface area contributed by atoms with E-state index in [4.69, 9.17) is 27.9 Å². The van der Waals surface area contributed by atoms with Gasteiger partial charge in [-0.15, -0.1) is 0 Å². The van der Waals surface area contributed by atoms with E-state index in [1.807, 2.05) is 6.92 Å². The molecule has 0 unspecified atom stereocenters. The number of benzene rings is 2. The van der Waals surface area contributed by atoms with Crippen molar-refractivity contribution in [1.82, 2.24) is 0 Å². The molecule has 1 N–H and O–H groups in total. The van der Waals surface area contributed by atoms with Crippen molar-refractivity contribution >= 4 is 50.5 Å². The van der Waals surface area contributed by atoms with Gasteiger partial charge in [-0.25, -0.2) is 8.42 Å². The molecular weight excluding hydrogens is 423 g/mol. The van der Waals surface area contributed by atoms with E-state index in [0.717, 1.165) is 10.6 Å². The van der Waals surface area contributed by atoms with Crippen molar-refractivity contribution in [3.8, 4) is 5.75 Å². The van der Waals surface area contributed by atoms with Crippen LogP contribution in [0.15, 0.2) is 42.5 Å². The predicted molar refractivity (Wildman–Crippen MR) is 114 cm³/mol. The Morgan fingerprint density at radius 3 is 2.25 bits per heavy atom. The van der Waals surface area contributed by atoms with Gasteiger partial charge in [0.15, 0.2) is 0 Å². The highest BCUT2D eigenvalue weighted by atomic mass is 35.5. The molecule has 1 atom stereocenters. The molecule has 2 rings (SSSR count). The number of nitrogens with zero attached hydrogens (tertiary/aromatic N) is 1. The van der Waals surface area contributed by atoms with Gasteiger partial charge in [-0.2, -0.15) is 0 Å². The van der Waals surface area contributed by atoms with Gasteiger partial charge >= 0.3 is 0 Å². The normalized spacial score (nSPS) is 12.3. The van der Waals surface area contributed by atoms with Crippen LogP contribution in [-0.2, 0) is 14.8 Å². The Morgan fingerprint density at radius 2 is 1.75 bits per heavy atom. The molecule has 6 nitrogen and oxygen atoms in total. The van der Waals surface area contributed by atoms with E-state index in [1.54, 1.807) is 31.2 Å². The molecule has 9 heteroatoms. The lowest BCUT2D eigenvalue weighted by atomic mass is 10.1. The van der Waals surface area contributed by atoms with Crippen LogP contribution >= 0.6 is 23.2 Å². The Morgan fingerprint density at radius 1 is 1.11 bits per heavy atom. The van der Waals surface area contributed by atoms with Crippen LogP contribution in [0.4, 0.5) is 11.4 Å². The lowest BCUT2D eigenvalue weighted by Gasteiger charge is -2.30. The zero-order valence-corrected chi connectivity index (χ0v) is 18.1. The number of rotatable bonds is 8. The Bertz CT molecular complexity index is 933. The zero-order chi connectivity index (χ0) is 20.9. The minimum absolute atomic E-state index is 0.203. The molecule has 0 aliphatic rings. The first kappa shape index (κ1) is 22.3. The number of hydrogen-bond donors (Lipinski definition) is 1. The summed E-state index contributed by atoms with van der Waals surface area (Å²) in [4.78, 5) is 12.9. The number of ether oxygens (including phenoxy) is 1. The number of amides is 1. The number of halogens is 2. The van der Waals surface area contributed by atoms with E-state index in [9.17, 15) is 13.2 Å². The van der Waals surface area contributed by atoms with Gasteiger partial charge in [-0.1, -0.05) is 30.1 Å². The molecule has 0 spiro atoms. The average Bonchev–Trinajstić information content (AvgIpc) is 2.63. The summed E-state index contributed by atoms with van der Waals surface area (Å²) in [6, 6.07) is 10.3. The SMILES string of the molecule is CCOc1ccc(NC(=O)[C@H](CC)N(c2ccc(Cl)c(Cl)c2)S(C)(=O)=O)cc1. The molecule has 1 amide bonds. The first-order valence-corrected chi connectivity index (χ1v) is 11.3. The Labute approximate surface area is 175 Å². The largest absolute Gasteiger partial charge is 0.494 e. The van der Waals surface area contributed by atoms with E-state index in [1.165, 1.54) is 18.2 Å². The molecule has 0 bridgehead atoms. The zero-order valence-electron chi connectivity index (χ0n) is 15.8. The molecular formula is C19H22Cl2N2O4S. The standard InChI is InChI=1S/C19H22Cl2N2O4S/c1-4-18(19(24)22-13-6-9-15(10-7-13)27-5-2)23(28(3,25)26)14-8-11-16(20)17(21)12-14/h6-12,18H,4-5H2,1-3H3,(H,22,24)/t18-/m0/s1. The van der Waals surface area contributed by atoms with Crippen molar-refractivity contribution in [1.29, 1.82) is 0 Å². The molecule has 0 heterocycles. The maximum atomic E-state index is 12.9. The third kappa shape index (κ3) is 5.53. The first-order chi connectivity index (χ1) is 13.2. The molecule has 152 valence electrons. The van der Waals surface area contributed by atoms with E-state index < -0.39 is 22.0 Å². The summed E-state index contributed by atoms with van der Waals surface area (Å²) in [5, 5.41) is 3.25. The second-order valence-electron chi connectivity index (χ2n) is 6.03. The maximum absolute atomic E-state index is 12.9. The van der Waals surface area contributed by atoms with E-state index in [-0.39, 0.29) is 17.1 Å². The summed E-state index contributed by atoms with van der Waals surface area (Å²) in [5.41, 5.74) is 0.806. The van der Waals surface area contributed by atoms with Crippen LogP contribution in [0.2, 0.25) is 10.0 Å². The second-order valence-corrected chi connectivity index (χ2v) is 8.70. The highest BCUT2D eigenvalue weighted by Crippen LogP contribution is 2.30. The van der Waals surface area contributed by atoms with Gasteiger partial charge < -0.3 is 10.1 Å². The highest BCUT2D eigenvalue weighted by Gasteiger charge is 2.31. The quantitative estimate of drug-likeness (QED) is 0.646. The summed E-state index contributed by atoms with van der Waals surface area (Å²) in [6.07, 6.45) is 1.30. The van der Waals surface area contributed by atoms with Crippen molar-refractivity contribution in [2.24, 2.45) is 0 Å². The molecule has 28 heavy (non-hydrogen) atoms. The summed E-state index contributed by atoms with van der Waals surface area (Å²) in [6.45, 7) is 4.15. The third-order valence-corrected chi connectivity index (χ3v) is 5.84. The highest BCUT2D eigenvalue weighted by molar-refractivity contribution is 7.92. The predicted octanol–water partition coefficient (Wildman–Crippen LogP) is 4.58. The minimum atomic E-state index is -3.76. The molecule has 2 aromatic carbocycles. The van der Waals surface area contributed by atoms with Crippen molar-refractivity contribution in [3.63, 3.8) is 0 Å². The molecule has 0 saturated heterocycles. The first-order valence-electron chi connectivity index (χ1n) is 8.65. The van der Waals surface area contributed by atoms with Gasteiger partial charge in [-0.05, 0) is 55.8 Å². The second kappa shape index (κ2) is 9.49. The van der Waals surface area contributed by atoms with Crippen LogP contribution in [0.25, 0.3) is 0 Å². The van der Waals surface area contributed by atoms with Gasteiger partial charge in [0.2, 0.25) is 15.9 Å². The third-order valence-electron chi connectivity index (χ3n) is 3.92. The van der Waals surface area contributed by atoms with E-state index in [2.05, 4.69) is 5.32 Å². The van der Waals surface area contributed by atoms with Crippen LogP contribution in [0.3, 0.4) is 0 Å². The number of carbonyl (C=O) groups is 1. The van der Waals surface area contributed by atoms with Crippen LogP contribution in [0, 0.1) is 0 Å². The monoisotopic (exact) mass is 444 g/mol. The van der Waals surface area contributed by atoms with Gasteiger partial charge in [0, 0.05) is 5.69 Å². The molecule has 0 fully saturated rings. The van der Waals surface area contributed by atoms with Crippen LogP contribution in [0.1, 0.15) is 20.3 Å². The van der Waals surface area contributed by atoms with Crippen molar-refractivity contribution in [3.05, 3.63) is 52.5 Å². The number of anilines is 2. The fourth-order valence-electron chi connectivity index (χ4n) is 2.71. The van der Waals surface area contributed by atoms with Crippen molar-refractivity contribution in [2.45, 2.75) is 26.3 Å². The van der Waals surface area contributed by atoms with Gasteiger partial charge in [0.25, 0.3) is 0 Å². The Kier molecular flexibility index (Phi) is 7.57. The van der Waals surface area contributed by atoms with Crippen LogP contribution < -0.4 is 14.4 Å². The maximum Gasteiger partial charge on any atom is 0.248 e. The summed E-state index contributed by atoms with van der Waals surface area (Å²) in [5.74, 6) is 0.226. The molecule has 2 aromatic rings. The van der Waals surface area contributed by atoms with Crippen LogP contribution in [-0.4, -0.2) is 33.2 Å². The smallest absolute Gasteiger partial charge is 0.248 e.